The molecule has 6 heteroatoms. The predicted octanol–water partition coefficient (Wildman–Crippen LogP) is 1.02. The van der Waals surface area contributed by atoms with Crippen LogP contribution in [-0.4, -0.2) is 28.5 Å². The van der Waals surface area contributed by atoms with Crippen LogP contribution in [-0.2, 0) is 4.79 Å². The molecule has 0 aliphatic carbocycles. The van der Waals surface area contributed by atoms with Gasteiger partial charge in [-0.15, -0.1) is 0 Å². The molecule has 0 bridgehead atoms. The van der Waals surface area contributed by atoms with Crippen LogP contribution in [0, 0.1) is 3.57 Å². The van der Waals surface area contributed by atoms with E-state index in [0.717, 1.165) is 3.57 Å². The summed E-state index contributed by atoms with van der Waals surface area (Å²) < 4.78 is 0.962. The average molecular weight is 320 g/mol. The van der Waals surface area contributed by atoms with E-state index in [-0.39, 0.29) is 11.9 Å². The minimum Gasteiger partial charge on any atom is -0.355 e. The van der Waals surface area contributed by atoms with Crippen molar-refractivity contribution in [1.82, 2.24) is 15.3 Å². The molecule has 15 heavy (non-hydrogen) atoms. The second-order valence-electron chi connectivity index (χ2n) is 2.99. The van der Waals surface area contributed by atoms with Gasteiger partial charge in [-0.2, -0.15) is 0 Å². The Morgan fingerprint density at radius 2 is 2.13 bits per heavy atom. The summed E-state index contributed by atoms with van der Waals surface area (Å²) in [5, 5.41) is 5.63. The third kappa shape index (κ3) is 3.98. The third-order valence-corrected chi connectivity index (χ3v) is 2.27. The van der Waals surface area contributed by atoms with Gasteiger partial charge in [0.05, 0.1) is 0 Å². The zero-order valence-electron chi connectivity index (χ0n) is 8.62. The molecule has 1 heterocycles. The number of halogens is 1. The molecule has 82 valence electrons. The quantitative estimate of drug-likeness (QED) is 0.813. The molecule has 0 aliphatic rings. The van der Waals surface area contributed by atoms with Gasteiger partial charge >= 0.3 is 0 Å². The van der Waals surface area contributed by atoms with Crippen LogP contribution in [0.2, 0.25) is 0 Å². The first-order chi connectivity index (χ1) is 7.13. The summed E-state index contributed by atoms with van der Waals surface area (Å²) in [4.78, 5) is 19.5. The molecule has 1 atom stereocenters. The number of anilines is 1. The normalized spacial score (nSPS) is 11.9. The van der Waals surface area contributed by atoms with Gasteiger partial charge in [-0.1, -0.05) is 0 Å². The Hall–Kier alpha value is -0.920. The van der Waals surface area contributed by atoms with E-state index in [2.05, 4.69) is 43.2 Å². The van der Waals surface area contributed by atoms with Gasteiger partial charge in [0, 0.05) is 22.5 Å². The molecule has 1 amide bonds. The molecule has 0 radical (unpaired) electrons. The summed E-state index contributed by atoms with van der Waals surface area (Å²) in [6.07, 6.45) is 3.39. The average Bonchev–Trinajstić information content (AvgIpc) is 2.22. The van der Waals surface area contributed by atoms with Crippen molar-refractivity contribution < 1.29 is 4.79 Å². The highest BCUT2D eigenvalue weighted by molar-refractivity contribution is 14.1. The summed E-state index contributed by atoms with van der Waals surface area (Å²) >= 11 is 2.12. The summed E-state index contributed by atoms with van der Waals surface area (Å²) in [6, 6.07) is -0.329. The van der Waals surface area contributed by atoms with Crippen molar-refractivity contribution in [3.63, 3.8) is 0 Å². The number of amides is 1. The van der Waals surface area contributed by atoms with E-state index >= 15 is 0 Å². The lowest BCUT2D eigenvalue weighted by Gasteiger charge is -2.12. The van der Waals surface area contributed by atoms with E-state index in [9.17, 15) is 4.79 Å². The minimum atomic E-state index is -0.329. The van der Waals surface area contributed by atoms with Gasteiger partial charge in [0.15, 0.2) is 0 Å². The van der Waals surface area contributed by atoms with E-state index in [1.54, 1.807) is 19.3 Å². The van der Waals surface area contributed by atoms with Gasteiger partial charge in [0.25, 0.3) is 0 Å². The van der Waals surface area contributed by atoms with Crippen LogP contribution in [0.1, 0.15) is 13.8 Å². The number of carbonyl (C=O) groups is 1. The van der Waals surface area contributed by atoms with Crippen molar-refractivity contribution in [2.24, 2.45) is 0 Å². The Kier molecular flexibility index (Phi) is 4.73. The molecule has 0 aromatic carbocycles. The molecular formula is C9H13IN4O. The minimum absolute atomic E-state index is 0.0559. The third-order valence-electron chi connectivity index (χ3n) is 1.71. The molecule has 1 unspecified atom stereocenters. The first-order valence-electron chi connectivity index (χ1n) is 4.65. The topological polar surface area (TPSA) is 66.9 Å². The van der Waals surface area contributed by atoms with E-state index in [0.29, 0.717) is 12.5 Å². The fraction of sp³-hybridized carbons (Fsp3) is 0.444. The lowest BCUT2D eigenvalue weighted by atomic mass is 10.3. The number of carbonyl (C=O) groups excluding carboxylic acids is 1. The van der Waals surface area contributed by atoms with Crippen molar-refractivity contribution in [3.05, 3.63) is 16.0 Å². The highest BCUT2D eigenvalue weighted by Crippen LogP contribution is 2.03. The van der Waals surface area contributed by atoms with Gasteiger partial charge < -0.3 is 10.6 Å². The van der Waals surface area contributed by atoms with E-state index in [1.165, 1.54) is 0 Å². The number of nitrogens with zero attached hydrogens (tertiary/aromatic N) is 2. The number of hydrogen-bond acceptors (Lipinski definition) is 4. The fourth-order valence-corrected chi connectivity index (χ4v) is 1.25. The molecule has 0 fully saturated rings. The molecule has 0 saturated carbocycles. The van der Waals surface area contributed by atoms with E-state index in [4.69, 9.17) is 0 Å². The molecule has 0 aliphatic heterocycles. The number of rotatable bonds is 4. The molecular weight excluding hydrogens is 307 g/mol. The van der Waals surface area contributed by atoms with Crippen molar-refractivity contribution in [2.45, 2.75) is 19.9 Å². The highest BCUT2D eigenvalue weighted by atomic mass is 127. The standard InChI is InChI=1S/C9H13IN4O/c1-3-11-8(15)6(2)14-9-12-4-7(10)5-13-9/h4-6H,3H2,1-2H3,(H,11,15)(H,12,13,14). The van der Waals surface area contributed by atoms with E-state index < -0.39 is 0 Å². The maximum absolute atomic E-state index is 11.4. The molecule has 0 spiro atoms. The van der Waals surface area contributed by atoms with Gasteiger partial charge in [0.2, 0.25) is 11.9 Å². The molecule has 0 saturated heterocycles. The fourth-order valence-electron chi connectivity index (χ4n) is 0.973. The van der Waals surface area contributed by atoms with Crippen molar-refractivity contribution in [1.29, 1.82) is 0 Å². The first-order valence-corrected chi connectivity index (χ1v) is 5.73. The Balaban J connectivity index is 2.54. The van der Waals surface area contributed by atoms with Crippen LogP contribution in [0.3, 0.4) is 0 Å². The zero-order valence-corrected chi connectivity index (χ0v) is 10.8. The maximum atomic E-state index is 11.4. The van der Waals surface area contributed by atoms with Crippen LogP contribution in [0.4, 0.5) is 5.95 Å². The van der Waals surface area contributed by atoms with Crippen molar-refractivity contribution in [3.8, 4) is 0 Å². The highest BCUT2D eigenvalue weighted by Gasteiger charge is 2.11. The first kappa shape index (κ1) is 12.2. The van der Waals surface area contributed by atoms with Crippen molar-refractivity contribution >= 4 is 34.4 Å². The van der Waals surface area contributed by atoms with Gasteiger partial charge in [-0.05, 0) is 36.4 Å². The number of hydrogen-bond donors (Lipinski definition) is 2. The number of nitrogens with one attached hydrogen (secondary N) is 2. The predicted molar refractivity (Wildman–Crippen MR) is 66.5 cm³/mol. The maximum Gasteiger partial charge on any atom is 0.242 e. The molecule has 1 aromatic rings. The van der Waals surface area contributed by atoms with Crippen LogP contribution in [0.25, 0.3) is 0 Å². The summed E-state index contributed by atoms with van der Waals surface area (Å²) in [5.41, 5.74) is 0. The molecule has 2 N–H and O–H groups in total. The van der Waals surface area contributed by atoms with Crippen LogP contribution < -0.4 is 10.6 Å². The monoisotopic (exact) mass is 320 g/mol. The number of aromatic nitrogens is 2. The Morgan fingerprint density at radius 1 is 1.53 bits per heavy atom. The van der Waals surface area contributed by atoms with Crippen LogP contribution >= 0.6 is 22.6 Å². The van der Waals surface area contributed by atoms with Crippen LogP contribution in [0.5, 0.6) is 0 Å². The summed E-state index contributed by atoms with van der Waals surface area (Å²) in [7, 11) is 0. The van der Waals surface area contributed by atoms with Crippen LogP contribution in [0.15, 0.2) is 12.4 Å². The summed E-state index contributed by atoms with van der Waals surface area (Å²) in [6.45, 7) is 4.27. The van der Waals surface area contributed by atoms with Gasteiger partial charge in [-0.25, -0.2) is 9.97 Å². The number of likely N-dealkylation sites (N-methyl/N-ethyl adjacent to an activating group) is 1. The smallest absolute Gasteiger partial charge is 0.242 e. The Bertz CT molecular complexity index is 327. The zero-order chi connectivity index (χ0) is 11.3. The van der Waals surface area contributed by atoms with Crippen molar-refractivity contribution in [2.75, 3.05) is 11.9 Å². The van der Waals surface area contributed by atoms with E-state index in [1.807, 2.05) is 6.92 Å². The van der Waals surface area contributed by atoms with Gasteiger partial charge in [0.1, 0.15) is 6.04 Å². The summed E-state index contributed by atoms with van der Waals surface area (Å²) in [5.74, 6) is 0.411. The lowest BCUT2D eigenvalue weighted by Crippen LogP contribution is -2.37. The SMILES string of the molecule is CCNC(=O)C(C)Nc1ncc(I)cn1. The lowest BCUT2D eigenvalue weighted by molar-refractivity contribution is -0.121. The Morgan fingerprint density at radius 3 is 2.67 bits per heavy atom. The second-order valence-corrected chi connectivity index (χ2v) is 4.23. The molecule has 1 aromatic heterocycles. The molecule has 1 rings (SSSR count). The van der Waals surface area contributed by atoms with Gasteiger partial charge in [-0.3, -0.25) is 4.79 Å². The largest absolute Gasteiger partial charge is 0.355 e. The Labute approximate surface area is 102 Å². The second kappa shape index (κ2) is 5.84. The molecule has 5 nitrogen and oxygen atoms in total.